The van der Waals surface area contributed by atoms with Gasteiger partial charge in [0.2, 0.25) is 10.0 Å². The van der Waals surface area contributed by atoms with Crippen LogP contribution in [0.15, 0.2) is 40.6 Å². The minimum Gasteiger partial charge on any atom is -0.357 e. The van der Waals surface area contributed by atoms with Crippen molar-refractivity contribution in [3.63, 3.8) is 0 Å². The van der Waals surface area contributed by atoms with Gasteiger partial charge in [0.15, 0.2) is 5.96 Å². The van der Waals surface area contributed by atoms with Crippen molar-refractivity contribution in [1.82, 2.24) is 25.3 Å². The van der Waals surface area contributed by atoms with Crippen molar-refractivity contribution in [2.24, 2.45) is 4.99 Å². The van der Waals surface area contributed by atoms with Crippen LogP contribution in [0.3, 0.4) is 0 Å². The molecule has 0 radical (unpaired) electrons. The third kappa shape index (κ3) is 6.40. The quantitative estimate of drug-likeness (QED) is 0.355. The van der Waals surface area contributed by atoms with E-state index in [0.717, 1.165) is 9.88 Å². The Balaban J connectivity index is 1.83. The lowest BCUT2D eigenvalue weighted by Gasteiger charge is -2.11. The Kier molecular flexibility index (Phi) is 7.29. The normalized spacial score (nSPS) is 12.2. The van der Waals surface area contributed by atoms with E-state index in [1.54, 1.807) is 17.4 Å². The number of nitrogens with zero attached hydrogens (tertiary/aromatic N) is 3. The topological polar surface area (TPSA) is 108 Å². The molecule has 0 fully saturated rings. The molecule has 25 heavy (non-hydrogen) atoms. The fourth-order valence-electron chi connectivity index (χ4n) is 1.92. The van der Waals surface area contributed by atoms with Crippen molar-refractivity contribution in [2.75, 3.05) is 19.6 Å². The average Bonchev–Trinajstić information content (AvgIpc) is 3.02. The predicted molar refractivity (Wildman–Crippen MR) is 99.1 cm³/mol. The van der Waals surface area contributed by atoms with Gasteiger partial charge in [-0.3, -0.25) is 4.98 Å². The van der Waals surface area contributed by atoms with Crippen molar-refractivity contribution in [3.8, 4) is 0 Å². The Morgan fingerprint density at radius 2 is 2.12 bits per heavy atom. The highest BCUT2D eigenvalue weighted by Crippen LogP contribution is 2.11. The van der Waals surface area contributed by atoms with Gasteiger partial charge in [-0.1, -0.05) is 0 Å². The number of pyridine rings is 1. The fraction of sp³-hybridized carbons (Fsp3) is 0.400. The zero-order valence-corrected chi connectivity index (χ0v) is 15.8. The van der Waals surface area contributed by atoms with Gasteiger partial charge in [-0.15, -0.1) is 11.3 Å². The smallest absolute Gasteiger partial charge is 0.242 e. The Hall–Kier alpha value is -2.04. The maximum Gasteiger partial charge on any atom is 0.242 e. The minimum absolute atomic E-state index is 0.148. The highest BCUT2D eigenvalue weighted by atomic mass is 32.2. The van der Waals surface area contributed by atoms with E-state index in [1.165, 1.54) is 18.5 Å². The summed E-state index contributed by atoms with van der Waals surface area (Å²) >= 11 is 1.61. The summed E-state index contributed by atoms with van der Waals surface area (Å²) in [7, 11) is -3.54. The van der Waals surface area contributed by atoms with Crippen molar-refractivity contribution in [3.05, 3.63) is 40.6 Å². The summed E-state index contributed by atoms with van der Waals surface area (Å²) in [4.78, 5) is 13.8. The standard InChI is InChI=1S/C15H22N6O2S2/c1-3-17-15(20-11-14-19-9-12(2)24-14)18-7-8-21-25(22,23)13-5-4-6-16-10-13/h4-6,9-10,21H,3,7-8,11H2,1-2H3,(H2,17,18,20). The lowest BCUT2D eigenvalue weighted by molar-refractivity contribution is 0.580. The summed E-state index contributed by atoms with van der Waals surface area (Å²) in [6, 6.07) is 3.09. The minimum atomic E-state index is -3.54. The highest BCUT2D eigenvalue weighted by molar-refractivity contribution is 7.89. The maximum absolute atomic E-state index is 12.1. The van der Waals surface area contributed by atoms with E-state index in [1.807, 2.05) is 20.0 Å². The van der Waals surface area contributed by atoms with E-state index in [9.17, 15) is 8.42 Å². The summed E-state index contributed by atoms with van der Waals surface area (Å²) in [5, 5.41) is 7.15. The zero-order valence-electron chi connectivity index (χ0n) is 14.2. The van der Waals surface area contributed by atoms with Crippen LogP contribution >= 0.6 is 11.3 Å². The van der Waals surface area contributed by atoms with E-state index in [-0.39, 0.29) is 11.4 Å². The molecule has 3 N–H and O–H groups in total. The van der Waals surface area contributed by atoms with E-state index in [4.69, 9.17) is 0 Å². The number of aromatic nitrogens is 2. The zero-order chi connectivity index (χ0) is 18.1. The molecule has 0 aromatic carbocycles. The molecule has 0 amide bonds. The van der Waals surface area contributed by atoms with Gasteiger partial charge >= 0.3 is 0 Å². The SMILES string of the molecule is CCNC(=NCc1ncc(C)s1)NCCNS(=O)(=O)c1cccnc1. The summed E-state index contributed by atoms with van der Waals surface area (Å²) in [6.07, 6.45) is 4.67. The molecule has 0 bridgehead atoms. The second-order valence-electron chi connectivity index (χ2n) is 5.07. The van der Waals surface area contributed by atoms with Gasteiger partial charge in [-0.2, -0.15) is 0 Å². The van der Waals surface area contributed by atoms with Crippen LogP contribution in [0, 0.1) is 6.92 Å². The van der Waals surface area contributed by atoms with E-state index in [0.29, 0.717) is 25.6 Å². The number of nitrogens with one attached hydrogen (secondary N) is 3. The number of aliphatic imine (C=N–C) groups is 1. The van der Waals surface area contributed by atoms with Gasteiger partial charge in [0.25, 0.3) is 0 Å². The lowest BCUT2D eigenvalue weighted by Crippen LogP contribution is -2.41. The van der Waals surface area contributed by atoms with Crippen LogP contribution in [-0.4, -0.2) is 44.0 Å². The third-order valence-corrected chi connectivity index (χ3v) is 5.38. The highest BCUT2D eigenvalue weighted by Gasteiger charge is 2.12. The first-order valence-corrected chi connectivity index (χ1v) is 10.1. The Bertz CT molecular complexity index is 789. The monoisotopic (exact) mass is 382 g/mol. The molecular formula is C15H22N6O2S2. The predicted octanol–water partition coefficient (Wildman–Crippen LogP) is 0.880. The maximum atomic E-state index is 12.1. The summed E-state index contributed by atoms with van der Waals surface area (Å²) in [6.45, 7) is 5.80. The molecule has 0 atom stereocenters. The molecule has 8 nitrogen and oxygen atoms in total. The van der Waals surface area contributed by atoms with Crippen LogP contribution in [-0.2, 0) is 16.6 Å². The molecule has 0 aliphatic rings. The molecule has 2 aromatic rings. The fourth-order valence-corrected chi connectivity index (χ4v) is 3.63. The summed E-state index contributed by atoms with van der Waals surface area (Å²) in [5.41, 5.74) is 0. The van der Waals surface area contributed by atoms with Crippen LogP contribution in [0.25, 0.3) is 0 Å². The largest absolute Gasteiger partial charge is 0.357 e. The van der Waals surface area contributed by atoms with Gasteiger partial charge in [-0.25, -0.2) is 23.1 Å². The molecule has 2 heterocycles. The molecular weight excluding hydrogens is 360 g/mol. The second kappa shape index (κ2) is 9.44. The number of sulfonamides is 1. The molecule has 0 saturated carbocycles. The molecule has 0 unspecified atom stereocenters. The van der Waals surface area contributed by atoms with Gasteiger partial charge in [0.1, 0.15) is 9.90 Å². The number of hydrogen-bond acceptors (Lipinski definition) is 6. The van der Waals surface area contributed by atoms with Gasteiger partial charge in [0, 0.05) is 43.1 Å². The van der Waals surface area contributed by atoms with Crippen LogP contribution in [0.5, 0.6) is 0 Å². The van der Waals surface area contributed by atoms with Crippen LogP contribution in [0.1, 0.15) is 16.8 Å². The van der Waals surface area contributed by atoms with Crippen LogP contribution in [0.2, 0.25) is 0 Å². The molecule has 0 saturated heterocycles. The molecule has 2 aromatic heterocycles. The van der Waals surface area contributed by atoms with Crippen molar-refractivity contribution >= 4 is 27.3 Å². The number of rotatable bonds is 8. The lowest BCUT2D eigenvalue weighted by atomic mass is 10.5. The van der Waals surface area contributed by atoms with E-state index in [2.05, 4.69) is 30.3 Å². The molecule has 0 aliphatic carbocycles. The number of guanidine groups is 1. The Labute approximate surface area is 151 Å². The molecule has 10 heteroatoms. The van der Waals surface area contributed by atoms with Gasteiger partial charge in [-0.05, 0) is 26.0 Å². The first-order chi connectivity index (χ1) is 12.0. The molecule has 0 aliphatic heterocycles. The van der Waals surface area contributed by atoms with Gasteiger partial charge in [0.05, 0.1) is 6.54 Å². The Morgan fingerprint density at radius 3 is 2.76 bits per heavy atom. The third-order valence-electron chi connectivity index (χ3n) is 3.04. The number of aryl methyl sites for hydroxylation is 1. The summed E-state index contributed by atoms with van der Waals surface area (Å²) in [5.74, 6) is 0.621. The average molecular weight is 383 g/mol. The van der Waals surface area contributed by atoms with Crippen molar-refractivity contribution in [2.45, 2.75) is 25.3 Å². The van der Waals surface area contributed by atoms with Gasteiger partial charge < -0.3 is 10.6 Å². The van der Waals surface area contributed by atoms with E-state index < -0.39 is 10.0 Å². The number of thiazole rings is 1. The molecule has 2 rings (SSSR count). The van der Waals surface area contributed by atoms with E-state index >= 15 is 0 Å². The first-order valence-electron chi connectivity index (χ1n) is 7.84. The Morgan fingerprint density at radius 1 is 1.28 bits per heavy atom. The van der Waals surface area contributed by atoms with Crippen molar-refractivity contribution in [1.29, 1.82) is 0 Å². The first kappa shape index (κ1) is 19.3. The summed E-state index contributed by atoms with van der Waals surface area (Å²) < 4.78 is 26.7. The van der Waals surface area contributed by atoms with Crippen LogP contribution < -0.4 is 15.4 Å². The number of hydrogen-bond donors (Lipinski definition) is 3. The van der Waals surface area contributed by atoms with Crippen LogP contribution in [0.4, 0.5) is 0 Å². The molecule has 136 valence electrons. The second-order valence-corrected chi connectivity index (χ2v) is 8.16. The van der Waals surface area contributed by atoms with Crippen molar-refractivity contribution < 1.29 is 8.42 Å². The molecule has 0 spiro atoms.